The van der Waals surface area contributed by atoms with Crippen LogP contribution >= 0.6 is 0 Å². The summed E-state index contributed by atoms with van der Waals surface area (Å²) in [5.74, 6) is 3.98. The molecule has 1 N–H and O–H groups in total. The van der Waals surface area contributed by atoms with E-state index in [1.807, 2.05) is 13.0 Å². The zero-order chi connectivity index (χ0) is 22.3. The van der Waals surface area contributed by atoms with Crippen molar-refractivity contribution in [2.45, 2.75) is 125 Å². The second-order valence-electron chi connectivity index (χ2n) is 11.1. The molecule has 2 unspecified atom stereocenters. The van der Waals surface area contributed by atoms with Crippen molar-refractivity contribution in [1.29, 1.82) is 0 Å². The minimum absolute atomic E-state index is 0.0637. The number of aryl methyl sites for hydroxylation is 1. The van der Waals surface area contributed by atoms with Gasteiger partial charge in [-0.25, -0.2) is 0 Å². The van der Waals surface area contributed by atoms with E-state index in [1.54, 1.807) is 0 Å². The van der Waals surface area contributed by atoms with Crippen LogP contribution in [0.4, 0.5) is 0 Å². The lowest BCUT2D eigenvalue weighted by Gasteiger charge is -2.37. The van der Waals surface area contributed by atoms with Crippen LogP contribution in [0, 0.1) is 31.6 Å². The highest BCUT2D eigenvalue weighted by Gasteiger charge is 2.33. The largest absolute Gasteiger partial charge is 0.508 e. The minimum Gasteiger partial charge on any atom is -0.508 e. The number of aromatic hydroxyl groups is 1. The van der Waals surface area contributed by atoms with Gasteiger partial charge in [-0.2, -0.15) is 0 Å². The number of hydrogen-bond donors (Lipinski definition) is 1. The first kappa shape index (κ1) is 25.1. The van der Waals surface area contributed by atoms with Gasteiger partial charge in [-0.05, 0) is 81.4 Å². The number of phenols is 1. The summed E-state index contributed by atoms with van der Waals surface area (Å²) in [4.78, 5) is 0. The molecule has 2 rings (SSSR count). The van der Waals surface area contributed by atoms with Gasteiger partial charge in [0.25, 0.3) is 0 Å². The van der Waals surface area contributed by atoms with Crippen molar-refractivity contribution < 1.29 is 9.84 Å². The maximum Gasteiger partial charge on any atom is 0.126 e. The number of ether oxygens (including phenoxy) is 1. The third-order valence-corrected chi connectivity index (χ3v) is 7.35. The molecule has 0 saturated heterocycles. The lowest BCUT2D eigenvalue weighted by molar-refractivity contribution is 0.0512. The Labute approximate surface area is 186 Å². The number of rotatable bonds is 12. The van der Waals surface area contributed by atoms with Crippen molar-refractivity contribution in [2.24, 2.45) is 17.8 Å². The molecule has 1 aliphatic rings. The third-order valence-electron chi connectivity index (χ3n) is 7.35. The van der Waals surface area contributed by atoms with Gasteiger partial charge in [0.05, 0.1) is 0 Å². The summed E-state index contributed by atoms with van der Waals surface area (Å²) in [6.07, 6.45) is 14.1. The van der Waals surface area contributed by atoms with E-state index in [-0.39, 0.29) is 5.60 Å². The predicted molar refractivity (Wildman–Crippen MR) is 130 cm³/mol. The minimum atomic E-state index is -0.0637. The molecule has 30 heavy (non-hydrogen) atoms. The first-order valence-electron chi connectivity index (χ1n) is 12.6. The van der Waals surface area contributed by atoms with Gasteiger partial charge in [-0.1, -0.05) is 72.6 Å². The van der Waals surface area contributed by atoms with Gasteiger partial charge in [0.2, 0.25) is 0 Å². The fourth-order valence-corrected chi connectivity index (χ4v) is 5.05. The van der Waals surface area contributed by atoms with Crippen LogP contribution in [0.2, 0.25) is 0 Å². The summed E-state index contributed by atoms with van der Waals surface area (Å²) in [7, 11) is 0. The van der Waals surface area contributed by atoms with Gasteiger partial charge in [0.15, 0.2) is 0 Å². The molecule has 1 aromatic rings. The Morgan fingerprint density at radius 3 is 2.10 bits per heavy atom. The zero-order valence-electron chi connectivity index (χ0n) is 20.9. The molecule has 0 spiro atoms. The second kappa shape index (κ2) is 11.4. The second-order valence-corrected chi connectivity index (χ2v) is 11.1. The smallest absolute Gasteiger partial charge is 0.126 e. The highest BCUT2D eigenvalue weighted by molar-refractivity contribution is 5.53. The molecule has 2 heteroatoms. The standard InChI is InChI=1S/C28H48O2/c1-20(2)11-8-12-21(3)13-9-14-22(4)15-10-17-28(7)18-16-25-24(6)26(29)19-23(5)27(25)30-28/h19-22,29H,8-18H2,1-7H3/t21?,22?,28-/m0/s1. The van der Waals surface area contributed by atoms with Crippen LogP contribution in [0.1, 0.15) is 116 Å². The van der Waals surface area contributed by atoms with Crippen LogP contribution in [-0.4, -0.2) is 10.7 Å². The van der Waals surface area contributed by atoms with E-state index in [9.17, 15) is 5.11 Å². The number of phenolic OH excluding ortho intramolecular Hbond substituents is 1. The van der Waals surface area contributed by atoms with Crippen LogP contribution in [0.3, 0.4) is 0 Å². The molecule has 172 valence electrons. The molecule has 0 radical (unpaired) electrons. The van der Waals surface area contributed by atoms with E-state index in [1.165, 1.54) is 56.9 Å². The van der Waals surface area contributed by atoms with E-state index in [2.05, 4.69) is 41.5 Å². The van der Waals surface area contributed by atoms with Gasteiger partial charge in [-0.15, -0.1) is 0 Å². The van der Waals surface area contributed by atoms with Crippen LogP contribution in [0.15, 0.2) is 6.07 Å². The Bertz CT molecular complexity index is 663. The van der Waals surface area contributed by atoms with Crippen LogP contribution < -0.4 is 4.74 Å². The molecule has 0 fully saturated rings. The number of benzene rings is 1. The van der Waals surface area contributed by atoms with Crippen LogP contribution in [0.5, 0.6) is 11.5 Å². The maximum absolute atomic E-state index is 10.1. The molecule has 1 heterocycles. The lowest BCUT2D eigenvalue weighted by atomic mass is 9.84. The first-order valence-corrected chi connectivity index (χ1v) is 12.6. The van der Waals surface area contributed by atoms with Gasteiger partial charge in [-0.3, -0.25) is 0 Å². The summed E-state index contributed by atoms with van der Waals surface area (Å²) >= 11 is 0. The maximum atomic E-state index is 10.1. The van der Waals surface area contributed by atoms with E-state index in [4.69, 9.17) is 4.74 Å². The van der Waals surface area contributed by atoms with E-state index in [0.717, 1.165) is 53.9 Å². The van der Waals surface area contributed by atoms with Crippen molar-refractivity contribution in [3.05, 3.63) is 22.8 Å². The average molecular weight is 417 g/mol. The Morgan fingerprint density at radius 1 is 0.933 bits per heavy atom. The number of fused-ring (bicyclic) bond motifs is 1. The van der Waals surface area contributed by atoms with Crippen molar-refractivity contribution in [2.75, 3.05) is 0 Å². The topological polar surface area (TPSA) is 29.5 Å². The fraction of sp³-hybridized carbons (Fsp3) is 0.786. The predicted octanol–water partition coefficient (Wildman–Crippen LogP) is 8.53. The number of hydrogen-bond acceptors (Lipinski definition) is 2. The van der Waals surface area contributed by atoms with Crippen molar-refractivity contribution >= 4 is 0 Å². The summed E-state index contributed by atoms with van der Waals surface area (Å²) in [6, 6.07) is 1.85. The van der Waals surface area contributed by atoms with Gasteiger partial charge in [0, 0.05) is 5.56 Å². The molecule has 0 aliphatic carbocycles. The van der Waals surface area contributed by atoms with Gasteiger partial charge < -0.3 is 9.84 Å². The fourth-order valence-electron chi connectivity index (χ4n) is 5.05. The van der Waals surface area contributed by atoms with Crippen molar-refractivity contribution in [3.8, 4) is 11.5 Å². The van der Waals surface area contributed by atoms with E-state index >= 15 is 0 Å². The molecule has 0 bridgehead atoms. The molecule has 0 amide bonds. The SMILES string of the molecule is Cc1cc(O)c(C)c2c1O[C@@](C)(CCCC(C)CCCC(C)CCCC(C)C)CC2. The van der Waals surface area contributed by atoms with Crippen LogP contribution in [-0.2, 0) is 6.42 Å². The molecule has 3 atom stereocenters. The van der Waals surface area contributed by atoms with E-state index in [0.29, 0.717) is 5.75 Å². The molecule has 1 aliphatic heterocycles. The lowest BCUT2D eigenvalue weighted by Crippen LogP contribution is -2.37. The van der Waals surface area contributed by atoms with E-state index < -0.39 is 0 Å². The molecular weight excluding hydrogens is 368 g/mol. The Hall–Kier alpha value is -1.18. The average Bonchev–Trinajstić information content (AvgIpc) is 2.66. The highest BCUT2D eigenvalue weighted by atomic mass is 16.5. The van der Waals surface area contributed by atoms with Gasteiger partial charge >= 0.3 is 0 Å². The summed E-state index contributed by atoms with van der Waals surface area (Å²) in [6.45, 7) is 15.9. The molecule has 1 aromatic carbocycles. The summed E-state index contributed by atoms with van der Waals surface area (Å²) in [5, 5.41) is 10.1. The van der Waals surface area contributed by atoms with Gasteiger partial charge in [0.1, 0.15) is 17.1 Å². The third kappa shape index (κ3) is 7.50. The highest BCUT2D eigenvalue weighted by Crippen LogP contribution is 2.42. The molecule has 0 aromatic heterocycles. The normalized spacial score (nSPS) is 20.7. The monoisotopic (exact) mass is 416 g/mol. The van der Waals surface area contributed by atoms with Crippen molar-refractivity contribution in [1.82, 2.24) is 0 Å². The summed E-state index contributed by atoms with van der Waals surface area (Å²) in [5.41, 5.74) is 3.20. The molecule has 0 saturated carbocycles. The molecule has 2 nitrogen and oxygen atoms in total. The Balaban J connectivity index is 1.69. The zero-order valence-corrected chi connectivity index (χ0v) is 20.9. The first-order chi connectivity index (χ1) is 14.1. The Morgan fingerprint density at radius 2 is 1.50 bits per heavy atom. The Kier molecular flexibility index (Phi) is 9.57. The van der Waals surface area contributed by atoms with Crippen LogP contribution in [0.25, 0.3) is 0 Å². The van der Waals surface area contributed by atoms with Crippen molar-refractivity contribution in [3.63, 3.8) is 0 Å². The summed E-state index contributed by atoms with van der Waals surface area (Å²) < 4.78 is 6.52. The molecular formula is C28H48O2. The quantitative estimate of drug-likeness (QED) is 0.370.